The van der Waals surface area contributed by atoms with E-state index in [0.29, 0.717) is 17.2 Å². The maximum atomic E-state index is 13.9. The fourth-order valence-electron chi connectivity index (χ4n) is 2.03. The van der Waals surface area contributed by atoms with Gasteiger partial charge in [0.1, 0.15) is 6.61 Å². The zero-order chi connectivity index (χ0) is 18.0. The third kappa shape index (κ3) is 3.82. The van der Waals surface area contributed by atoms with Crippen LogP contribution < -0.4 is 4.74 Å². The Morgan fingerprint density at radius 2 is 2.00 bits per heavy atom. The molecule has 0 bridgehead atoms. The maximum absolute atomic E-state index is 13.9. The lowest BCUT2D eigenvalue weighted by atomic mass is 10.2. The molecule has 0 aliphatic carbocycles. The first-order valence-corrected chi connectivity index (χ1v) is 6.93. The largest absolute Gasteiger partial charge is 0.466 e. The first-order valence-electron chi connectivity index (χ1n) is 6.93. The van der Waals surface area contributed by atoms with Gasteiger partial charge in [-0.1, -0.05) is 0 Å². The molecule has 0 aliphatic heterocycles. The molecule has 0 atom stereocenters. The lowest BCUT2D eigenvalue weighted by molar-refractivity contribution is -0.154. The van der Waals surface area contributed by atoms with Crippen molar-refractivity contribution in [1.82, 2.24) is 24.8 Å². The summed E-state index contributed by atoms with van der Waals surface area (Å²) in [6, 6.07) is 4.17. The molecule has 7 nitrogen and oxygen atoms in total. The highest BCUT2D eigenvalue weighted by atomic mass is 19.4. The van der Waals surface area contributed by atoms with Gasteiger partial charge in [-0.3, -0.25) is 0 Å². The van der Waals surface area contributed by atoms with Gasteiger partial charge >= 0.3 is 6.18 Å². The normalized spacial score (nSPS) is 11.9. The van der Waals surface area contributed by atoms with E-state index in [2.05, 4.69) is 25.0 Å². The minimum Gasteiger partial charge on any atom is -0.466 e. The summed E-state index contributed by atoms with van der Waals surface area (Å²) in [7, 11) is 1.49. The van der Waals surface area contributed by atoms with E-state index in [1.807, 2.05) is 0 Å². The van der Waals surface area contributed by atoms with Crippen molar-refractivity contribution in [1.29, 1.82) is 0 Å². The fourth-order valence-corrected chi connectivity index (χ4v) is 2.03. The predicted octanol–water partition coefficient (Wildman–Crippen LogP) is 2.41. The first kappa shape index (κ1) is 17.0. The summed E-state index contributed by atoms with van der Waals surface area (Å²) in [5.41, 5.74) is 1.06. The lowest BCUT2D eigenvalue weighted by Crippen LogP contribution is -2.20. The van der Waals surface area contributed by atoms with Gasteiger partial charge < -0.3 is 9.47 Å². The summed E-state index contributed by atoms with van der Waals surface area (Å²) in [5.74, 6) is -1.31. The number of methoxy groups -OCH3 is 1. The molecule has 3 aromatic heterocycles. The molecule has 0 unspecified atom stereocenters. The standard InChI is InChI=1S/C14H11F4N5O2/c1-24-6-12-21-20-11-3-2-10(22-23(11)12)8-4-9(15)13(19-5-8)25-7-14(16,17)18/h2-5H,6-7H2,1H3. The van der Waals surface area contributed by atoms with E-state index in [1.165, 1.54) is 17.8 Å². The van der Waals surface area contributed by atoms with Crippen molar-refractivity contribution in [2.45, 2.75) is 12.8 Å². The van der Waals surface area contributed by atoms with Crippen molar-refractivity contribution in [2.75, 3.05) is 13.7 Å². The Hall–Kier alpha value is -2.82. The van der Waals surface area contributed by atoms with Crippen LogP contribution in [0.5, 0.6) is 5.88 Å². The molecule has 0 amide bonds. The first-order chi connectivity index (χ1) is 11.9. The van der Waals surface area contributed by atoms with Crippen LogP contribution >= 0.6 is 0 Å². The number of hydrogen-bond acceptors (Lipinski definition) is 6. The van der Waals surface area contributed by atoms with Crippen LogP contribution in [0.2, 0.25) is 0 Å². The molecule has 0 saturated heterocycles. The molecule has 0 aromatic carbocycles. The van der Waals surface area contributed by atoms with Gasteiger partial charge in [0, 0.05) is 18.9 Å². The quantitative estimate of drug-likeness (QED) is 0.653. The lowest BCUT2D eigenvalue weighted by Gasteiger charge is -2.09. The number of nitrogens with zero attached hydrogens (tertiary/aromatic N) is 5. The zero-order valence-electron chi connectivity index (χ0n) is 12.8. The molecule has 0 fully saturated rings. The number of halogens is 4. The smallest absolute Gasteiger partial charge is 0.422 e. The second-order valence-electron chi connectivity index (χ2n) is 4.95. The van der Waals surface area contributed by atoms with Gasteiger partial charge in [0.25, 0.3) is 5.88 Å². The third-order valence-electron chi connectivity index (χ3n) is 3.08. The minimum absolute atomic E-state index is 0.175. The SMILES string of the molecule is COCc1nnc2ccc(-c3cnc(OCC(F)(F)F)c(F)c3)nn12. The Morgan fingerprint density at radius 3 is 2.68 bits per heavy atom. The van der Waals surface area contributed by atoms with E-state index in [-0.39, 0.29) is 12.2 Å². The highest BCUT2D eigenvalue weighted by Gasteiger charge is 2.29. The summed E-state index contributed by atoms with van der Waals surface area (Å²) in [6.07, 6.45) is -3.41. The number of aromatic nitrogens is 5. The summed E-state index contributed by atoms with van der Waals surface area (Å²) in [5, 5.41) is 12.1. The molecule has 3 aromatic rings. The number of ether oxygens (including phenoxy) is 2. The van der Waals surface area contributed by atoms with Crippen LogP contribution in [0.4, 0.5) is 17.6 Å². The van der Waals surface area contributed by atoms with Crippen molar-refractivity contribution in [3.63, 3.8) is 0 Å². The van der Waals surface area contributed by atoms with Crippen LogP contribution in [-0.2, 0) is 11.3 Å². The third-order valence-corrected chi connectivity index (χ3v) is 3.08. The summed E-state index contributed by atoms with van der Waals surface area (Å²) in [6.45, 7) is -1.45. The molecule has 0 saturated carbocycles. The zero-order valence-corrected chi connectivity index (χ0v) is 12.8. The molecular formula is C14H11F4N5O2. The number of alkyl halides is 3. The second-order valence-corrected chi connectivity index (χ2v) is 4.95. The maximum Gasteiger partial charge on any atom is 0.422 e. The van der Waals surface area contributed by atoms with E-state index in [4.69, 9.17) is 4.74 Å². The van der Waals surface area contributed by atoms with Crippen molar-refractivity contribution in [3.05, 3.63) is 36.0 Å². The molecule has 3 rings (SSSR count). The Balaban J connectivity index is 1.90. The Labute approximate surface area is 138 Å². The number of pyridine rings is 1. The summed E-state index contributed by atoms with van der Waals surface area (Å²) < 4.78 is 61.0. The van der Waals surface area contributed by atoms with Gasteiger partial charge in [-0.25, -0.2) is 9.37 Å². The summed E-state index contributed by atoms with van der Waals surface area (Å²) in [4.78, 5) is 3.58. The minimum atomic E-state index is -4.58. The Morgan fingerprint density at radius 1 is 1.20 bits per heavy atom. The molecule has 0 aliphatic rings. The van der Waals surface area contributed by atoms with Crippen molar-refractivity contribution in [3.8, 4) is 17.1 Å². The summed E-state index contributed by atoms with van der Waals surface area (Å²) >= 11 is 0. The highest BCUT2D eigenvalue weighted by molar-refractivity contribution is 5.59. The molecular weight excluding hydrogens is 346 g/mol. The van der Waals surface area contributed by atoms with Gasteiger partial charge in [-0.15, -0.1) is 10.2 Å². The molecule has 25 heavy (non-hydrogen) atoms. The van der Waals surface area contributed by atoms with Gasteiger partial charge in [-0.05, 0) is 18.2 Å². The monoisotopic (exact) mass is 357 g/mol. The van der Waals surface area contributed by atoms with E-state index in [0.717, 1.165) is 6.07 Å². The van der Waals surface area contributed by atoms with Crippen molar-refractivity contribution >= 4 is 5.65 Å². The van der Waals surface area contributed by atoms with Crippen LogP contribution in [0.15, 0.2) is 24.4 Å². The molecule has 0 spiro atoms. The van der Waals surface area contributed by atoms with Crippen LogP contribution in [0, 0.1) is 5.82 Å². The van der Waals surface area contributed by atoms with Crippen LogP contribution in [-0.4, -0.2) is 44.7 Å². The molecule has 3 heterocycles. The molecule has 132 valence electrons. The van der Waals surface area contributed by atoms with Gasteiger partial charge in [0.15, 0.2) is 23.9 Å². The van der Waals surface area contributed by atoms with Crippen molar-refractivity contribution < 1.29 is 27.0 Å². The van der Waals surface area contributed by atoms with Crippen LogP contribution in [0.3, 0.4) is 0 Å². The molecule has 0 N–H and O–H groups in total. The second kappa shape index (κ2) is 6.59. The molecule has 0 radical (unpaired) electrons. The number of fused-ring (bicyclic) bond motifs is 1. The average Bonchev–Trinajstić information content (AvgIpc) is 2.95. The van der Waals surface area contributed by atoms with E-state index in [1.54, 1.807) is 12.1 Å². The van der Waals surface area contributed by atoms with Gasteiger partial charge in [0.05, 0.1) is 5.69 Å². The Kier molecular flexibility index (Phi) is 4.49. The number of hydrogen-bond donors (Lipinski definition) is 0. The average molecular weight is 357 g/mol. The van der Waals surface area contributed by atoms with Crippen LogP contribution in [0.25, 0.3) is 16.9 Å². The highest BCUT2D eigenvalue weighted by Crippen LogP contribution is 2.24. The van der Waals surface area contributed by atoms with Crippen LogP contribution in [0.1, 0.15) is 5.82 Å². The Bertz CT molecular complexity index is 897. The van der Waals surface area contributed by atoms with E-state index >= 15 is 0 Å². The fraction of sp³-hybridized carbons (Fsp3) is 0.286. The number of rotatable bonds is 5. The topological polar surface area (TPSA) is 74.4 Å². The van der Waals surface area contributed by atoms with E-state index in [9.17, 15) is 17.6 Å². The predicted molar refractivity (Wildman–Crippen MR) is 76.2 cm³/mol. The van der Waals surface area contributed by atoms with Crippen molar-refractivity contribution in [2.24, 2.45) is 0 Å². The molecule has 11 heteroatoms. The van der Waals surface area contributed by atoms with E-state index < -0.39 is 24.5 Å². The van der Waals surface area contributed by atoms with Gasteiger partial charge in [0.2, 0.25) is 0 Å². The van der Waals surface area contributed by atoms with Gasteiger partial charge in [-0.2, -0.15) is 22.8 Å².